The Labute approximate surface area is 111 Å². The average molecular weight is 264 g/mol. The number of halogens is 1. The number of anilines is 1. The molecule has 1 N–H and O–H groups in total. The van der Waals surface area contributed by atoms with Gasteiger partial charge in [-0.1, -0.05) is 17.7 Å². The highest BCUT2D eigenvalue weighted by Gasteiger charge is 2.16. The fraction of sp³-hybridized carbons (Fsp3) is 0.214. The Morgan fingerprint density at radius 1 is 1.28 bits per heavy atom. The lowest BCUT2D eigenvalue weighted by molar-refractivity contribution is 0.102. The highest BCUT2D eigenvalue weighted by atomic mass is 35.5. The Hall–Kier alpha value is -1.74. The first-order valence-electron chi connectivity index (χ1n) is 5.62. The first-order chi connectivity index (χ1) is 8.50. The molecule has 4 heteroatoms. The topological polar surface area (TPSA) is 42.2 Å². The predicted molar refractivity (Wildman–Crippen MR) is 72.3 cm³/mol. The van der Waals surface area contributed by atoms with Gasteiger partial charge >= 0.3 is 0 Å². The van der Waals surface area contributed by atoms with E-state index in [-0.39, 0.29) is 5.91 Å². The van der Waals surface area contributed by atoms with Crippen LogP contribution in [-0.2, 0) is 0 Å². The van der Waals surface area contributed by atoms with Crippen LogP contribution in [0.2, 0.25) is 5.02 Å². The molecule has 0 unspecified atom stereocenters. The molecule has 0 atom stereocenters. The van der Waals surface area contributed by atoms with Crippen LogP contribution >= 0.6 is 11.6 Å². The van der Waals surface area contributed by atoms with E-state index < -0.39 is 0 Å². The summed E-state index contributed by atoms with van der Waals surface area (Å²) in [4.78, 5) is 12.2. The molecule has 3 nitrogen and oxygen atoms in total. The summed E-state index contributed by atoms with van der Waals surface area (Å²) in [5.41, 5.74) is 2.97. The van der Waals surface area contributed by atoms with Gasteiger partial charge in [-0.3, -0.25) is 4.79 Å². The van der Waals surface area contributed by atoms with Crippen molar-refractivity contribution in [2.24, 2.45) is 0 Å². The van der Waals surface area contributed by atoms with Gasteiger partial charge in [0.05, 0.1) is 11.8 Å². The molecular weight excluding hydrogens is 250 g/mol. The van der Waals surface area contributed by atoms with Crippen LogP contribution in [-0.4, -0.2) is 5.91 Å². The lowest BCUT2D eigenvalue weighted by atomic mass is 10.1. The summed E-state index contributed by atoms with van der Waals surface area (Å²) in [5.74, 6) is 0.439. The van der Waals surface area contributed by atoms with Crippen molar-refractivity contribution in [3.63, 3.8) is 0 Å². The summed E-state index contributed by atoms with van der Waals surface area (Å²) in [6.07, 6.45) is 1.58. The molecule has 1 aromatic heterocycles. The predicted octanol–water partition coefficient (Wildman–Crippen LogP) is 4.11. The van der Waals surface area contributed by atoms with Crippen molar-refractivity contribution in [1.29, 1.82) is 0 Å². The van der Waals surface area contributed by atoms with Crippen LogP contribution in [0.25, 0.3) is 0 Å². The third kappa shape index (κ3) is 2.27. The Balaban J connectivity index is 2.30. The molecule has 0 aliphatic rings. The van der Waals surface area contributed by atoms with Gasteiger partial charge in [0.15, 0.2) is 0 Å². The first-order valence-corrected chi connectivity index (χ1v) is 5.99. The average Bonchev–Trinajstić information content (AvgIpc) is 2.65. The van der Waals surface area contributed by atoms with E-state index in [9.17, 15) is 4.79 Å². The summed E-state index contributed by atoms with van der Waals surface area (Å²) in [5, 5.41) is 3.48. The highest BCUT2D eigenvalue weighted by molar-refractivity contribution is 6.31. The fourth-order valence-corrected chi connectivity index (χ4v) is 2.01. The number of aryl methyl sites for hydroxylation is 2. The maximum atomic E-state index is 12.2. The zero-order valence-electron chi connectivity index (χ0n) is 10.5. The van der Waals surface area contributed by atoms with Crippen molar-refractivity contribution in [3.05, 3.63) is 51.9 Å². The Morgan fingerprint density at radius 2 is 2.00 bits per heavy atom. The maximum absolute atomic E-state index is 12.2. The number of carbonyl (C=O) groups is 1. The molecule has 0 fully saturated rings. The van der Waals surface area contributed by atoms with E-state index >= 15 is 0 Å². The molecule has 0 spiro atoms. The monoisotopic (exact) mass is 263 g/mol. The second-order valence-electron chi connectivity index (χ2n) is 4.22. The summed E-state index contributed by atoms with van der Waals surface area (Å²) < 4.78 is 5.22. The van der Waals surface area contributed by atoms with E-state index in [1.807, 2.05) is 19.9 Å². The Bertz CT molecular complexity index is 582. The smallest absolute Gasteiger partial charge is 0.259 e. The first kappa shape index (κ1) is 12.7. The highest BCUT2D eigenvalue weighted by Crippen LogP contribution is 2.24. The summed E-state index contributed by atoms with van der Waals surface area (Å²) in [6.45, 7) is 5.48. The molecule has 0 saturated carbocycles. The van der Waals surface area contributed by atoms with E-state index in [4.69, 9.17) is 16.0 Å². The van der Waals surface area contributed by atoms with Crippen molar-refractivity contribution in [3.8, 4) is 0 Å². The van der Waals surface area contributed by atoms with Gasteiger partial charge < -0.3 is 9.73 Å². The summed E-state index contributed by atoms with van der Waals surface area (Å²) >= 11 is 6.01. The van der Waals surface area contributed by atoms with Crippen LogP contribution in [0, 0.1) is 20.8 Å². The number of rotatable bonds is 2. The standard InChI is InChI=1S/C14H14ClNO2/c1-8-7-18-10(3)13(8)14(17)16-12-6-4-5-11(15)9(12)2/h4-7H,1-3H3,(H,16,17). The van der Waals surface area contributed by atoms with Crippen molar-refractivity contribution in [2.75, 3.05) is 5.32 Å². The van der Waals surface area contributed by atoms with E-state index in [2.05, 4.69) is 5.32 Å². The second kappa shape index (κ2) is 4.86. The van der Waals surface area contributed by atoms with E-state index in [0.29, 0.717) is 22.0 Å². The number of nitrogens with one attached hydrogen (secondary N) is 1. The van der Waals surface area contributed by atoms with Gasteiger partial charge in [-0.05, 0) is 38.5 Å². The third-order valence-electron chi connectivity index (χ3n) is 2.90. The van der Waals surface area contributed by atoms with Crippen LogP contribution < -0.4 is 5.32 Å². The molecule has 1 aromatic carbocycles. The molecule has 94 valence electrons. The lowest BCUT2D eigenvalue weighted by Crippen LogP contribution is -2.14. The van der Waals surface area contributed by atoms with Crippen molar-refractivity contribution in [2.45, 2.75) is 20.8 Å². The molecule has 1 amide bonds. The van der Waals surface area contributed by atoms with Crippen LogP contribution in [0.15, 0.2) is 28.9 Å². The zero-order valence-corrected chi connectivity index (χ0v) is 11.3. The minimum absolute atomic E-state index is 0.177. The van der Waals surface area contributed by atoms with Gasteiger partial charge in [-0.2, -0.15) is 0 Å². The number of hydrogen-bond acceptors (Lipinski definition) is 2. The van der Waals surface area contributed by atoms with E-state index in [0.717, 1.165) is 11.1 Å². The number of benzene rings is 1. The molecule has 1 heterocycles. The fourth-order valence-electron chi connectivity index (χ4n) is 1.84. The maximum Gasteiger partial charge on any atom is 0.259 e. The molecule has 0 saturated heterocycles. The van der Waals surface area contributed by atoms with Gasteiger partial charge in [-0.15, -0.1) is 0 Å². The Morgan fingerprint density at radius 3 is 2.61 bits per heavy atom. The van der Waals surface area contributed by atoms with Gasteiger partial charge in [-0.25, -0.2) is 0 Å². The normalized spacial score (nSPS) is 10.4. The number of hydrogen-bond donors (Lipinski definition) is 1. The number of carbonyl (C=O) groups excluding carboxylic acids is 1. The molecule has 0 aliphatic heterocycles. The van der Waals surface area contributed by atoms with Crippen molar-refractivity contribution >= 4 is 23.2 Å². The van der Waals surface area contributed by atoms with Gasteiger partial charge in [0.1, 0.15) is 5.76 Å². The van der Waals surface area contributed by atoms with Crippen LogP contribution in [0.5, 0.6) is 0 Å². The minimum atomic E-state index is -0.177. The lowest BCUT2D eigenvalue weighted by Gasteiger charge is -2.09. The van der Waals surface area contributed by atoms with Gasteiger partial charge in [0.25, 0.3) is 5.91 Å². The van der Waals surface area contributed by atoms with Crippen molar-refractivity contribution < 1.29 is 9.21 Å². The molecule has 0 bridgehead atoms. The summed E-state index contributed by atoms with van der Waals surface area (Å²) in [7, 11) is 0. The molecule has 0 aliphatic carbocycles. The van der Waals surface area contributed by atoms with Gasteiger partial charge in [0.2, 0.25) is 0 Å². The third-order valence-corrected chi connectivity index (χ3v) is 3.31. The second-order valence-corrected chi connectivity index (χ2v) is 4.62. The van der Waals surface area contributed by atoms with Crippen LogP contribution in [0.1, 0.15) is 27.2 Å². The van der Waals surface area contributed by atoms with Crippen molar-refractivity contribution in [1.82, 2.24) is 0 Å². The molecule has 18 heavy (non-hydrogen) atoms. The number of amides is 1. The quantitative estimate of drug-likeness (QED) is 0.886. The van der Waals surface area contributed by atoms with Crippen LogP contribution in [0.3, 0.4) is 0 Å². The SMILES string of the molecule is Cc1coc(C)c1C(=O)Nc1cccc(Cl)c1C. The largest absolute Gasteiger partial charge is 0.469 e. The van der Waals surface area contributed by atoms with E-state index in [1.165, 1.54) is 0 Å². The summed E-state index contributed by atoms with van der Waals surface area (Å²) in [6, 6.07) is 5.42. The van der Waals surface area contributed by atoms with Gasteiger partial charge in [0, 0.05) is 16.3 Å². The van der Waals surface area contributed by atoms with Crippen LogP contribution in [0.4, 0.5) is 5.69 Å². The molecule has 2 aromatic rings. The molecule has 2 rings (SSSR count). The molecule has 0 radical (unpaired) electrons. The number of furan rings is 1. The minimum Gasteiger partial charge on any atom is -0.469 e. The Kier molecular flexibility index (Phi) is 3.43. The zero-order chi connectivity index (χ0) is 13.3. The van der Waals surface area contributed by atoms with E-state index in [1.54, 1.807) is 25.3 Å². The molecular formula is C14H14ClNO2.